The molecule has 5 heteroatoms. The quantitative estimate of drug-likeness (QED) is 0.593. The molecule has 0 aliphatic carbocycles. The molecule has 1 amide bonds. The maximum Gasteiger partial charge on any atom is 0.299 e. The molecule has 0 saturated heterocycles. The van der Waals surface area contributed by atoms with Gasteiger partial charge in [0.2, 0.25) is 0 Å². The van der Waals surface area contributed by atoms with Gasteiger partial charge in [0.25, 0.3) is 11.7 Å². The largest absolute Gasteiger partial charge is 0.380 e. The second kappa shape index (κ2) is 6.13. The van der Waals surface area contributed by atoms with Crippen LogP contribution in [0.3, 0.4) is 0 Å². The van der Waals surface area contributed by atoms with Crippen molar-refractivity contribution in [2.75, 3.05) is 24.7 Å². The minimum absolute atomic E-state index is 0.263. The Labute approximate surface area is 117 Å². The zero-order valence-corrected chi connectivity index (χ0v) is 11.7. The summed E-state index contributed by atoms with van der Waals surface area (Å²) in [4.78, 5) is 24.9. The van der Waals surface area contributed by atoms with E-state index in [0.717, 1.165) is 6.42 Å². The van der Waals surface area contributed by atoms with Crippen LogP contribution >= 0.6 is 0 Å². The molecule has 0 fully saturated rings. The van der Waals surface area contributed by atoms with E-state index in [9.17, 15) is 14.0 Å². The molecule has 1 heterocycles. The molecular formula is C15H18FNO3. The van der Waals surface area contributed by atoms with Crippen molar-refractivity contribution in [1.29, 1.82) is 0 Å². The zero-order chi connectivity index (χ0) is 14.7. The molecule has 0 N–H and O–H groups in total. The molecule has 0 aromatic heterocycles. The van der Waals surface area contributed by atoms with Crippen LogP contribution in [0.15, 0.2) is 18.2 Å². The van der Waals surface area contributed by atoms with Gasteiger partial charge in [-0.1, -0.05) is 13.8 Å². The first kappa shape index (κ1) is 14.7. The monoisotopic (exact) mass is 279 g/mol. The number of fused-ring (bicyclic) bond motifs is 1. The third-order valence-electron chi connectivity index (χ3n) is 3.23. The van der Waals surface area contributed by atoms with Crippen LogP contribution in [-0.4, -0.2) is 31.4 Å². The van der Waals surface area contributed by atoms with Gasteiger partial charge in [-0.05, 0) is 30.5 Å². The summed E-state index contributed by atoms with van der Waals surface area (Å²) in [6.45, 7) is 5.42. The van der Waals surface area contributed by atoms with Crippen molar-refractivity contribution in [2.24, 2.45) is 5.92 Å². The number of benzene rings is 1. The summed E-state index contributed by atoms with van der Waals surface area (Å²) in [6.07, 6.45) is 0.943. The summed E-state index contributed by atoms with van der Waals surface area (Å²) in [7, 11) is 0. The molecule has 0 bridgehead atoms. The lowest BCUT2D eigenvalue weighted by Crippen LogP contribution is -2.33. The zero-order valence-electron chi connectivity index (χ0n) is 11.7. The molecule has 0 unspecified atom stereocenters. The van der Waals surface area contributed by atoms with Gasteiger partial charge in [-0.2, -0.15) is 0 Å². The standard InChI is InChI=1S/C15H18FNO3/c1-10(2)5-7-20-8-6-17-13-9-11(16)3-4-12(13)14(18)15(17)19/h3-4,9-10H,5-8H2,1-2H3. The van der Waals surface area contributed by atoms with Gasteiger partial charge < -0.3 is 9.64 Å². The minimum Gasteiger partial charge on any atom is -0.380 e. The van der Waals surface area contributed by atoms with Crippen molar-refractivity contribution in [1.82, 2.24) is 0 Å². The third kappa shape index (κ3) is 3.04. The van der Waals surface area contributed by atoms with E-state index in [1.54, 1.807) is 0 Å². The Bertz CT molecular complexity index is 528. The smallest absolute Gasteiger partial charge is 0.299 e. The number of Topliss-reactive ketones (excluding diaryl/α,β-unsaturated/α-hetero) is 1. The second-order valence-corrected chi connectivity index (χ2v) is 5.24. The molecule has 0 radical (unpaired) electrons. The summed E-state index contributed by atoms with van der Waals surface area (Å²) in [5, 5.41) is 0. The molecule has 108 valence electrons. The van der Waals surface area contributed by atoms with Crippen LogP contribution in [0.25, 0.3) is 0 Å². The van der Waals surface area contributed by atoms with Crippen LogP contribution < -0.4 is 4.90 Å². The normalized spacial score (nSPS) is 14.3. The molecule has 0 atom stereocenters. The maximum absolute atomic E-state index is 13.2. The number of carbonyl (C=O) groups is 2. The van der Waals surface area contributed by atoms with Crippen molar-refractivity contribution in [2.45, 2.75) is 20.3 Å². The molecule has 1 aliphatic rings. The number of carbonyl (C=O) groups excluding carboxylic acids is 2. The fraction of sp³-hybridized carbons (Fsp3) is 0.467. The number of rotatable bonds is 6. The van der Waals surface area contributed by atoms with E-state index < -0.39 is 17.5 Å². The number of ketones is 1. The first-order valence-electron chi connectivity index (χ1n) is 6.74. The number of ether oxygens (including phenoxy) is 1. The van der Waals surface area contributed by atoms with Crippen molar-refractivity contribution < 1.29 is 18.7 Å². The van der Waals surface area contributed by atoms with E-state index in [-0.39, 0.29) is 12.1 Å². The number of hydrogen-bond acceptors (Lipinski definition) is 3. The summed E-state index contributed by atoms with van der Waals surface area (Å²) in [5.74, 6) is -1.10. The topological polar surface area (TPSA) is 46.6 Å². The molecule has 2 rings (SSSR count). The second-order valence-electron chi connectivity index (χ2n) is 5.24. The summed E-state index contributed by atoms with van der Waals surface area (Å²) in [6, 6.07) is 3.75. The van der Waals surface area contributed by atoms with Gasteiger partial charge in [0.15, 0.2) is 0 Å². The number of anilines is 1. The van der Waals surface area contributed by atoms with Crippen LogP contribution in [0.1, 0.15) is 30.6 Å². The van der Waals surface area contributed by atoms with Crippen molar-refractivity contribution in [3.8, 4) is 0 Å². The Morgan fingerprint density at radius 2 is 2.00 bits per heavy atom. The number of hydrogen-bond donors (Lipinski definition) is 0. The highest BCUT2D eigenvalue weighted by Crippen LogP contribution is 2.29. The van der Waals surface area contributed by atoms with Crippen molar-refractivity contribution >= 4 is 17.4 Å². The first-order chi connectivity index (χ1) is 9.50. The molecule has 20 heavy (non-hydrogen) atoms. The van der Waals surface area contributed by atoms with E-state index in [4.69, 9.17) is 4.74 Å². The molecule has 0 spiro atoms. The van der Waals surface area contributed by atoms with Gasteiger partial charge in [-0.15, -0.1) is 0 Å². The lowest BCUT2D eigenvalue weighted by Gasteiger charge is -2.16. The maximum atomic E-state index is 13.2. The highest BCUT2D eigenvalue weighted by atomic mass is 19.1. The van der Waals surface area contributed by atoms with Gasteiger partial charge in [0.1, 0.15) is 5.82 Å². The number of halogens is 1. The SMILES string of the molecule is CC(C)CCOCCN1C(=O)C(=O)c2ccc(F)cc21. The highest BCUT2D eigenvalue weighted by molar-refractivity contribution is 6.52. The Morgan fingerprint density at radius 3 is 2.70 bits per heavy atom. The molecule has 4 nitrogen and oxygen atoms in total. The van der Waals surface area contributed by atoms with Crippen LogP contribution in [0, 0.1) is 11.7 Å². The Kier molecular flexibility index (Phi) is 4.49. The van der Waals surface area contributed by atoms with E-state index in [2.05, 4.69) is 13.8 Å². The summed E-state index contributed by atoms with van der Waals surface area (Å²) >= 11 is 0. The Morgan fingerprint density at radius 1 is 1.25 bits per heavy atom. The van der Waals surface area contributed by atoms with Crippen molar-refractivity contribution in [3.05, 3.63) is 29.6 Å². The van der Waals surface area contributed by atoms with Crippen LogP contribution in [0.2, 0.25) is 0 Å². The van der Waals surface area contributed by atoms with Crippen LogP contribution in [-0.2, 0) is 9.53 Å². The number of nitrogens with zero attached hydrogens (tertiary/aromatic N) is 1. The average Bonchev–Trinajstić information content (AvgIpc) is 2.62. The minimum atomic E-state index is -0.613. The molecule has 1 aromatic rings. The van der Waals surface area contributed by atoms with E-state index in [1.165, 1.54) is 23.1 Å². The first-order valence-corrected chi connectivity index (χ1v) is 6.74. The molecule has 0 saturated carbocycles. The Hall–Kier alpha value is -1.75. The highest BCUT2D eigenvalue weighted by Gasteiger charge is 2.35. The van der Waals surface area contributed by atoms with E-state index in [1.807, 2.05) is 0 Å². The molecular weight excluding hydrogens is 261 g/mol. The van der Waals surface area contributed by atoms with Gasteiger partial charge in [0.05, 0.1) is 17.9 Å². The lowest BCUT2D eigenvalue weighted by molar-refractivity contribution is -0.114. The third-order valence-corrected chi connectivity index (χ3v) is 3.23. The van der Waals surface area contributed by atoms with E-state index in [0.29, 0.717) is 24.8 Å². The number of amides is 1. The summed E-state index contributed by atoms with van der Waals surface area (Å²) in [5.41, 5.74) is 0.603. The predicted octanol–water partition coefficient (Wildman–Crippen LogP) is 2.42. The van der Waals surface area contributed by atoms with Crippen LogP contribution in [0.4, 0.5) is 10.1 Å². The Balaban J connectivity index is 1.97. The predicted molar refractivity (Wildman–Crippen MR) is 73.4 cm³/mol. The molecule has 1 aromatic carbocycles. The average molecular weight is 279 g/mol. The summed E-state index contributed by atoms with van der Waals surface area (Å²) < 4.78 is 18.7. The van der Waals surface area contributed by atoms with Gasteiger partial charge in [-0.3, -0.25) is 9.59 Å². The fourth-order valence-corrected chi connectivity index (χ4v) is 2.07. The van der Waals surface area contributed by atoms with Crippen LogP contribution in [0.5, 0.6) is 0 Å². The van der Waals surface area contributed by atoms with E-state index >= 15 is 0 Å². The lowest BCUT2D eigenvalue weighted by atomic mass is 10.1. The molecule has 1 aliphatic heterocycles. The fourth-order valence-electron chi connectivity index (χ4n) is 2.07. The van der Waals surface area contributed by atoms with Gasteiger partial charge >= 0.3 is 0 Å². The van der Waals surface area contributed by atoms with Gasteiger partial charge in [0, 0.05) is 13.2 Å². The van der Waals surface area contributed by atoms with Crippen molar-refractivity contribution in [3.63, 3.8) is 0 Å². The van der Waals surface area contributed by atoms with Gasteiger partial charge in [-0.25, -0.2) is 4.39 Å².